The number of anilines is 1. The van der Waals surface area contributed by atoms with Gasteiger partial charge in [0.1, 0.15) is 5.03 Å². The minimum absolute atomic E-state index is 0.303. The lowest BCUT2D eigenvalue weighted by Crippen LogP contribution is -2.06. The summed E-state index contributed by atoms with van der Waals surface area (Å²) in [5.74, 6) is -0.491. The molecule has 19 heavy (non-hydrogen) atoms. The van der Waals surface area contributed by atoms with Gasteiger partial charge < -0.3 is 10.5 Å². The third kappa shape index (κ3) is 3.19. The number of carbonyl (C=O) groups is 1. The van der Waals surface area contributed by atoms with Crippen LogP contribution in [0, 0.1) is 6.92 Å². The molecule has 0 saturated heterocycles. The molecule has 0 aromatic carbocycles. The van der Waals surface area contributed by atoms with Crippen LogP contribution in [0.3, 0.4) is 0 Å². The maximum absolute atomic E-state index is 11.7. The molecule has 0 aliphatic heterocycles. The number of nitrogen functional groups attached to an aromatic ring is 1. The number of aryl methyl sites for hydroxylation is 1. The molecule has 2 N–H and O–H groups in total. The fourth-order valence-electron chi connectivity index (χ4n) is 1.37. The molecule has 0 amide bonds. The van der Waals surface area contributed by atoms with E-state index in [0.29, 0.717) is 21.4 Å². The molecule has 0 aliphatic rings. The number of pyridine rings is 1. The highest BCUT2D eigenvalue weighted by Gasteiger charge is 2.16. The van der Waals surface area contributed by atoms with Crippen LogP contribution < -0.4 is 5.73 Å². The number of hydrogen-bond donors (Lipinski definition) is 1. The average Bonchev–Trinajstić information content (AvgIpc) is 2.40. The van der Waals surface area contributed by atoms with E-state index in [1.165, 1.54) is 31.1 Å². The highest BCUT2D eigenvalue weighted by molar-refractivity contribution is 7.99. The minimum atomic E-state index is -0.491. The van der Waals surface area contributed by atoms with E-state index in [4.69, 9.17) is 10.5 Å². The van der Waals surface area contributed by atoms with E-state index in [-0.39, 0.29) is 0 Å². The van der Waals surface area contributed by atoms with E-state index in [1.807, 2.05) is 6.92 Å². The fraction of sp³-hybridized carbons (Fsp3) is 0.167. The Hall–Kier alpha value is -2.15. The van der Waals surface area contributed by atoms with E-state index in [9.17, 15) is 4.79 Å². The number of esters is 1. The second-order valence-corrected chi connectivity index (χ2v) is 4.65. The summed E-state index contributed by atoms with van der Waals surface area (Å²) in [4.78, 5) is 24.2. The summed E-state index contributed by atoms with van der Waals surface area (Å²) in [6.07, 6.45) is 3.13. The summed E-state index contributed by atoms with van der Waals surface area (Å²) in [5.41, 5.74) is 7.17. The molecule has 0 aliphatic carbocycles. The van der Waals surface area contributed by atoms with Gasteiger partial charge in [0.15, 0.2) is 5.16 Å². The summed E-state index contributed by atoms with van der Waals surface area (Å²) in [7, 11) is 1.31. The highest BCUT2D eigenvalue weighted by Crippen LogP contribution is 2.27. The van der Waals surface area contributed by atoms with Crippen molar-refractivity contribution in [2.45, 2.75) is 17.1 Å². The van der Waals surface area contributed by atoms with Crippen LogP contribution in [0.1, 0.15) is 16.1 Å². The third-order valence-electron chi connectivity index (χ3n) is 2.24. The van der Waals surface area contributed by atoms with E-state index >= 15 is 0 Å². The zero-order valence-corrected chi connectivity index (χ0v) is 11.3. The number of nitrogens with two attached hydrogens (primary N) is 1. The van der Waals surface area contributed by atoms with Gasteiger partial charge in [-0.1, -0.05) is 0 Å². The van der Waals surface area contributed by atoms with Gasteiger partial charge in [-0.25, -0.2) is 19.7 Å². The second-order valence-electron chi connectivity index (χ2n) is 3.70. The Labute approximate surface area is 114 Å². The number of carbonyl (C=O) groups excluding carboxylic acids is 1. The largest absolute Gasteiger partial charge is 0.465 e. The maximum Gasteiger partial charge on any atom is 0.340 e. The number of methoxy groups -OCH3 is 1. The van der Waals surface area contributed by atoms with Gasteiger partial charge in [0.2, 0.25) is 0 Å². The molecule has 2 aromatic heterocycles. The molecule has 0 unspecified atom stereocenters. The summed E-state index contributed by atoms with van der Waals surface area (Å²) in [5, 5.41) is 0.981. The Balaban J connectivity index is 2.37. The van der Waals surface area contributed by atoms with Gasteiger partial charge in [0.25, 0.3) is 0 Å². The first kappa shape index (κ1) is 13.3. The Morgan fingerprint density at radius 2 is 2.21 bits per heavy atom. The molecule has 7 heteroatoms. The average molecular weight is 276 g/mol. The first-order chi connectivity index (χ1) is 9.10. The standard InChI is InChI=1S/C12H12N4O2S/c1-7-3-4-14-12(16-7)19-10-9(11(17)18-2)5-8(13)6-15-10/h3-6H,13H2,1-2H3. The Morgan fingerprint density at radius 3 is 2.89 bits per heavy atom. The molecule has 2 rings (SSSR count). The van der Waals surface area contributed by atoms with E-state index in [2.05, 4.69) is 15.0 Å². The van der Waals surface area contributed by atoms with Crippen molar-refractivity contribution < 1.29 is 9.53 Å². The van der Waals surface area contributed by atoms with Crippen LogP contribution in [0.5, 0.6) is 0 Å². The van der Waals surface area contributed by atoms with Crippen LogP contribution >= 0.6 is 11.8 Å². The van der Waals surface area contributed by atoms with Crippen LogP contribution in [-0.4, -0.2) is 28.0 Å². The lowest BCUT2D eigenvalue weighted by atomic mass is 10.3. The maximum atomic E-state index is 11.7. The molecule has 0 atom stereocenters. The first-order valence-corrected chi connectivity index (χ1v) is 6.23. The van der Waals surface area contributed by atoms with Gasteiger partial charge in [-0.15, -0.1) is 0 Å². The predicted molar refractivity (Wildman–Crippen MR) is 70.9 cm³/mol. The van der Waals surface area contributed by atoms with Crippen molar-refractivity contribution in [3.8, 4) is 0 Å². The molecule has 0 radical (unpaired) electrons. The molecular weight excluding hydrogens is 264 g/mol. The summed E-state index contributed by atoms with van der Waals surface area (Å²) < 4.78 is 4.70. The Kier molecular flexibility index (Phi) is 3.96. The molecule has 6 nitrogen and oxygen atoms in total. The van der Waals surface area contributed by atoms with Crippen LogP contribution in [0.15, 0.2) is 34.7 Å². The fourth-order valence-corrected chi connectivity index (χ4v) is 2.20. The van der Waals surface area contributed by atoms with Crippen molar-refractivity contribution in [3.05, 3.63) is 35.8 Å². The molecule has 0 bridgehead atoms. The molecule has 0 saturated carbocycles. The van der Waals surface area contributed by atoms with Gasteiger partial charge in [-0.05, 0) is 30.8 Å². The van der Waals surface area contributed by atoms with Crippen LogP contribution in [0.4, 0.5) is 5.69 Å². The predicted octanol–water partition coefficient (Wildman–Crippen LogP) is 1.70. The smallest absolute Gasteiger partial charge is 0.340 e. The molecule has 0 spiro atoms. The van der Waals surface area contributed by atoms with Gasteiger partial charge >= 0.3 is 5.97 Å². The van der Waals surface area contributed by atoms with Gasteiger partial charge in [0.05, 0.1) is 24.6 Å². The molecule has 2 aromatic rings. The van der Waals surface area contributed by atoms with Crippen molar-refractivity contribution >= 4 is 23.4 Å². The molecule has 98 valence electrons. The third-order valence-corrected chi connectivity index (χ3v) is 3.14. The van der Waals surface area contributed by atoms with Crippen LogP contribution in [0.25, 0.3) is 0 Å². The van der Waals surface area contributed by atoms with E-state index < -0.39 is 5.97 Å². The number of nitrogens with zero attached hydrogens (tertiary/aromatic N) is 3. The number of aromatic nitrogens is 3. The van der Waals surface area contributed by atoms with Gasteiger partial charge in [-0.2, -0.15) is 0 Å². The lowest BCUT2D eigenvalue weighted by Gasteiger charge is -2.06. The quantitative estimate of drug-likeness (QED) is 0.673. The number of ether oxygens (including phenoxy) is 1. The molecular formula is C12H12N4O2S. The van der Waals surface area contributed by atoms with Gasteiger partial charge in [-0.3, -0.25) is 0 Å². The van der Waals surface area contributed by atoms with Gasteiger partial charge in [0, 0.05) is 11.9 Å². The van der Waals surface area contributed by atoms with E-state index in [0.717, 1.165) is 5.69 Å². The topological polar surface area (TPSA) is 91.0 Å². The van der Waals surface area contributed by atoms with Crippen molar-refractivity contribution in [2.75, 3.05) is 12.8 Å². The Morgan fingerprint density at radius 1 is 1.42 bits per heavy atom. The zero-order chi connectivity index (χ0) is 13.8. The zero-order valence-electron chi connectivity index (χ0n) is 10.5. The van der Waals surface area contributed by atoms with Crippen molar-refractivity contribution in [1.82, 2.24) is 15.0 Å². The first-order valence-electron chi connectivity index (χ1n) is 5.41. The number of hydrogen-bond acceptors (Lipinski definition) is 7. The molecule has 0 fully saturated rings. The molecule has 2 heterocycles. The van der Waals surface area contributed by atoms with Crippen molar-refractivity contribution in [3.63, 3.8) is 0 Å². The van der Waals surface area contributed by atoms with Crippen LogP contribution in [-0.2, 0) is 4.74 Å². The number of rotatable bonds is 3. The summed E-state index contributed by atoms with van der Waals surface area (Å²) in [6.45, 7) is 1.86. The minimum Gasteiger partial charge on any atom is -0.465 e. The van der Waals surface area contributed by atoms with Crippen molar-refractivity contribution in [2.24, 2.45) is 0 Å². The van der Waals surface area contributed by atoms with Crippen molar-refractivity contribution in [1.29, 1.82) is 0 Å². The van der Waals surface area contributed by atoms with E-state index in [1.54, 1.807) is 12.3 Å². The normalized spacial score (nSPS) is 10.2. The second kappa shape index (κ2) is 5.66. The summed E-state index contributed by atoms with van der Waals surface area (Å²) >= 11 is 1.19. The SMILES string of the molecule is COC(=O)c1cc(N)cnc1Sc1nccc(C)n1. The van der Waals surface area contributed by atoms with Crippen LogP contribution in [0.2, 0.25) is 0 Å². The lowest BCUT2D eigenvalue weighted by molar-refractivity contribution is 0.0596. The Bertz CT molecular complexity index is 618. The highest BCUT2D eigenvalue weighted by atomic mass is 32.2. The monoisotopic (exact) mass is 276 g/mol. The summed E-state index contributed by atoms with van der Waals surface area (Å²) in [6, 6.07) is 3.32.